The molecule has 0 radical (unpaired) electrons. The Morgan fingerprint density at radius 1 is 1.33 bits per heavy atom. The van der Waals surface area contributed by atoms with E-state index < -0.39 is 0 Å². The van der Waals surface area contributed by atoms with Gasteiger partial charge in [0.15, 0.2) is 0 Å². The minimum atomic E-state index is 0.833. The van der Waals surface area contributed by atoms with Crippen LogP contribution in [-0.2, 0) is 0 Å². The molecule has 0 atom stereocenters. The summed E-state index contributed by atoms with van der Waals surface area (Å²) >= 11 is 3.21. The van der Waals surface area contributed by atoms with Gasteiger partial charge in [-0.1, -0.05) is 20.8 Å². The summed E-state index contributed by atoms with van der Waals surface area (Å²) in [5, 5.41) is 5.40. The molecule has 0 N–H and O–H groups in total. The van der Waals surface area contributed by atoms with E-state index in [2.05, 4.69) is 42.0 Å². The maximum absolute atomic E-state index is 4.14. The lowest BCUT2D eigenvalue weighted by Gasteiger charge is -1.79. The second kappa shape index (κ2) is 4.58. The molecule has 0 spiro atoms. The highest BCUT2D eigenvalue weighted by atomic mass is 32.1. The number of thiophene rings is 1. The standard InChI is InChI=1S/C5H3NS2.C4H10/c1-2-7-5-4(1)3-8-6-5;1-4(2)3/h1-3H;4H,1-3H3. The molecule has 2 aromatic heterocycles. The predicted octanol–water partition coefficient (Wildman–Crippen LogP) is 4.02. The van der Waals surface area contributed by atoms with Crippen molar-refractivity contribution in [2.45, 2.75) is 20.8 Å². The zero-order valence-electron chi connectivity index (χ0n) is 7.57. The minimum Gasteiger partial charge on any atom is -0.182 e. The molecular formula is C9H13NS2. The smallest absolute Gasteiger partial charge is 0.137 e. The van der Waals surface area contributed by atoms with E-state index in [9.17, 15) is 0 Å². The zero-order valence-corrected chi connectivity index (χ0v) is 9.21. The summed E-state index contributed by atoms with van der Waals surface area (Å²) < 4.78 is 4.14. The number of hydrogen-bond acceptors (Lipinski definition) is 3. The van der Waals surface area contributed by atoms with Crippen LogP contribution in [0.3, 0.4) is 0 Å². The first kappa shape index (κ1) is 9.68. The van der Waals surface area contributed by atoms with E-state index in [4.69, 9.17) is 0 Å². The van der Waals surface area contributed by atoms with Gasteiger partial charge in [-0.2, -0.15) is 4.37 Å². The molecule has 0 amide bonds. The Bertz CT molecular complexity index is 268. The Balaban J connectivity index is 0.000000157. The summed E-state index contributed by atoms with van der Waals surface area (Å²) in [6.45, 7) is 6.50. The van der Waals surface area contributed by atoms with Crippen LogP contribution in [0.4, 0.5) is 0 Å². The Morgan fingerprint density at radius 2 is 2.00 bits per heavy atom. The molecule has 66 valence electrons. The maximum atomic E-state index is 4.14. The quantitative estimate of drug-likeness (QED) is 0.624. The van der Waals surface area contributed by atoms with Crippen LogP contribution in [0.2, 0.25) is 0 Å². The predicted molar refractivity (Wildman–Crippen MR) is 58.0 cm³/mol. The van der Waals surface area contributed by atoms with Crippen molar-refractivity contribution >= 4 is 33.1 Å². The highest BCUT2D eigenvalue weighted by molar-refractivity contribution is 7.19. The SMILES string of the molecule is CC(C)C.c1cc2csnc2s1. The average Bonchev–Trinajstić information content (AvgIpc) is 2.40. The van der Waals surface area contributed by atoms with Crippen LogP contribution in [-0.4, -0.2) is 4.37 Å². The van der Waals surface area contributed by atoms with Gasteiger partial charge < -0.3 is 0 Å². The van der Waals surface area contributed by atoms with E-state index in [1.165, 1.54) is 16.9 Å². The van der Waals surface area contributed by atoms with Crippen molar-refractivity contribution in [1.29, 1.82) is 0 Å². The largest absolute Gasteiger partial charge is 0.182 e. The normalized spacial score (nSPS) is 10.0. The molecule has 2 aromatic rings. The molecule has 2 rings (SSSR count). The Hall–Kier alpha value is -0.410. The molecule has 3 heteroatoms. The van der Waals surface area contributed by atoms with Crippen molar-refractivity contribution in [1.82, 2.24) is 4.37 Å². The fraction of sp³-hybridized carbons (Fsp3) is 0.444. The van der Waals surface area contributed by atoms with Gasteiger partial charge in [0.1, 0.15) is 4.83 Å². The topological polar surface area (TPSA) is 12.9 Å². The van der Waals surface area contributed by atoms with Crippen molar-refractivity contribution in [3.05, 3.63) is 16.8 Å². The molecule has 0 saturated heterocycles. The summed E-state index contributed by atoms with van der Waals surface area (Å²) in [5.74, 6) is 0.833. The van der Waals surface area contributed by atoms with Crippen molar-refractivity contribution < 1.29 is 0 Å². The molecule has 0 fully saturated rings. The van der Waals surface area contributed by atoms with Gasteiger partial charge >= 0.3 is 0 Å². The monoisotopic (exact) mass is 199 g/mol. The molecule has 2 heterocycles. The van der Waals surface area contributed by atoms with Crippen molar-refractivity contribution in [2.24, 2.45) is 5.92 Å². The molecule has 0 aromatic carbocycles. The molecule has 0 unspecified atom stereocenters. The molecule has 12 heavy (non-hydrogen) atoms. The van der Waals surface area contributed by atoms with E-state index in [1.54, 1.807) is 11.3 Å². The third-order valence-corrected chi connectivity index (χ3v) is 2.57. The molecule has 1 nitrogen and oxygen atoms in total. The van der Waals surface area contributed by atoms with Crippen LogP contribution in [0, 0.1) is 5.92 Å². The third kappa shape index (κ3) is 2.91. The van der Waals surface area contributed by atoms with Crippen LogP contribution in [0.15, 0.2) is 16.8 Å². The van der Waals surface area contributed by atoms with E-state index in [0.29, 0.717) is 0 Å². The Morgan fingerprint density at radius 3 is 2.58 bits per heavy atom. The first-order valence-corrected chi connectivity index (χ1v) is 5.69. The zero-order chi connectivity index (χ0) is 8.97. The lowest BCUT2D eigenvalue weighted by atomic mass is 10.3. The maximum Gasteiger partial charge on any atom is 0.137 e. The first-order chi connectivity index (χ1) is 5.70. The Labute approximate surface area is 81.2 Å². The van der Waals surface area contributed by atoms with E-state index >= 15 is 0 Å². The fourth-order valence-corrected chi connectivity index (χ4v) is 2.15. The van der Waals surface area contributed by atoms with Gasteiger partial charge in [0.05, 0.1) is 0 Å². The van der Waals surface area contributed by atoms with Crippen LogP contribution < -0.4 is 0 Å². The minimum absolute atomic E-state index is 0.833. The third-order valence-electron chi connectivity index (χ3n) is 0.990. The van der Waals surface area contributed by atoms with E-state index in [1.807, 2.05) is 0 Å². The average molecular weight is 199 g/mol. The summed E-state index contributed by atoms with van der Waals surface area (Å²) in [6, 6.07) is 2.09. The van der Waals surface area contributed by atoms with Crippen LogP contribution in [0.1, 0.15) is 20.8 Å². The fourth-order valence-electron chi connectivity index (χ4n) is 0.606. The summed E-state index contributed by atoms with van der Waals surface area (Å²) in [6.07, 6.45) is 0. The molecular weight excluding hydrogens is 186 g/mol. The van der Waals surface area contributed by atoms with Crippen molar-refractivity contribution in [3.8, 4) is 0 Å². The van der Waals surface area contributed by atoms with E-state index in [0.717, 1.165) is 10.7 Å². The van der Waals surface area contributed by atoms with Gasteiger partial charge in [0.2, 0.25) is 0 Å². The number of fused-ring (bicyclic) bond motifs is 1. The molecule has 0 aliphatic carbocycles. The first-order valence-electron chi connectivity index (χ1n) is 3.97. The highest BCUT2D eigenvalue weighted by Gasteiger charge is 1.92. The van der Waals surface area contributed by atoms with Crippen LogP contribution in [0.25, 0.3) is 10.2 Å². The van der Waals surface area contributed by atoms with E-state index in [-0.39, 0.29) is 0 Å². The van der Waals surface area contributed by atoms with Crippen LogP contribution >= 0.6 is 22.9 Å². The van der Waals surface area contributed by atoms with Crippen molar-refractivity contribution in [2.75, 3.05) is 0 Å². The van der Waals surface area contributed by atoms with Gasteiger partial charge in [-0.05, 0) is 28.9 Å². The van der Waals surface area contributed by atoms with Gasteiger partial charge in [-0.3, -0.25) is 0 Å². The molecule has 0 saturated carbocycles. The molecule has 0 aliphatic heterocycles. The second-order valence-electron chi connectivity index (χ2n) is 3.23. The second-order valence-corrected chi connectivity index (χ2v) is 4.75. The number of nitrogens with zero attached hydrogens (tertiary/aromatic N) is 1. The Kier molecular flexibility index (Phi) is 3.69. The lowest BCUT2D eigenvalue weighted by Crippen LogP contribution is -1.66. The van der Waals surface area contributed by atoms with Gasteiger partial charge in [-0.15, -0.1) is 11.3 Å². The summed E-state index contributed by atoms with van der Waals surface area (Å²) in [5.41, 5.74) is 0. The van der Waals surface area contributed by atoms with Gasteiger partial charge in [0.25, 0.3) is 0 Å². The highest BCUT2D eigenvalue weighted by Crippen LogP contribution is 2.19. The molecule has 0 aliphatic rings. The van der Waals surface area contributed by atoms with Crippen molar-refractivity contribution in [3.63, 3.8) is 0 Å². The van der Waals surface area contributed by atoms with Gasteiger partial charge in [-0.25, -0.2) is 0 Å². The number of aromatic nitrogens is 1. The molecule has 0 bridgehead atoms. The summed E-state index contributed by atoms with van der Waals surface area (Å²) in [4.78, 5) is 1.16. The number of rotatable bonds is 0. The summed E-state index contributed by atoms with van der Waals surface area (Å²) in [7, 11) is 0. The van der Waals surface area contributed by atoms with Crippen LogP contribution in [0.5, 0.6) is 0 Å². The number of hydrogen-bond donors (Lipinski definition) is 0. The van der Waals surface area contributed by atoms with Gasteiger partial charge in [0, 0.05) is 10.8 Å². The lowest BCUT2D eigenvalue weighted by molar-refractivity contribution is 0.737.